The van der Waals surface area contributed by atoms with Crippen LogP contribution in [0.1, 0.15) is 26.5 Å². The summed E-state index contributed by atoms with van der Waals surface area (Å²) in [6, 6.07) is 1.37. The van der Waals surface area contributed by atoms with Crippen LogP contribution < -0.4 is 10.5 Å². The summed E-state index contributed by atoms with van der Waals surface area (Å²) in [5.41, 5.74) is 4.57. The van der Waals surface area contributed by atoms with Crippen molar-refractivity contribution in [1.82, 2.24) is 10.2 Å². The van der Waals surface area contributed by atoms with Gasteiger partial charge in [-0.15, -0.1) is 11.3 Å². The Bertz CT molecular complexity index is 820. The van der Waals surface area contributed by atoms with Crippen molar-refractivity contribution in [2.45, 2.75) is 11.8 Å². The molecule has 2 rings (SSSR count). The van der Waals surface area contributed by atoms with Gasteiger partial charge in [0.1, 0.15) is 9.90 Å². The number of carboxylic acid groups (broad SMARTS) is 1. The zero-order chi connectivity index (χ0) is 15.8. The van der Waals surface area contributed by atoms with Gasteiger partial charge in [-0.1, -0.05) is 0 Å². The summed E-state index contributed by atoms with van der Waals surface area (Å²) in [5, 5.41) is 16.2. The zero-order valence-electron chi connectivity index (χ0n) is 10.6. The number of aromatic nitrogens is 2. The van der Waals surface area contributed by atoms with Gasteiger partial charge in [-0.2, -0.15) is 5.10 Å². The van der Waals surface area contributed by atoms with Crippen LogP contribution >= 0.6 is 11.3 Å². The predicted molar refractivity (Wildman–Crippen MR) is 73.9 cm³/mol. The van der Waals surface area contributed by atoms with Gasteiger partial charge in [0.25, 0.3) is 15.9 Å². The quantitative estimate of drug-likeness (QED) is 0.621. The molecule has 0 bridgehead atoms. The van der Waals surface area contributed by atoms with Crippen LogP contribution in [-0.4, -0.2) is 35.6 Å². The number of aryl methyl sites for hydroxylation is 1. The molecule has 0 saturated heterocycles. The molecular weight excluding hydrogens is 320 g/mol. The lowest BCUT2D eigenvalue weighted by Crippen LogP contribution is -2.19. The third-order valence-corrected chi connectivity index (χ3v) is 4.99. The summed E-state index contributed by atoms with van der Waals surface area (Å²) >= 11 is 0.953. The number of primary amides is 1. The van der Waals surface area contributed by atoms with Crippen LogP contribution in [0.15, 0.2) is 16.3 Å². The molecule has 0 aliphatic rings. The molecule has 11 heteroatoms. The van der Waals surface area contributed by atoms with Crippen molar-refractivity contribution >= 4 is 38.2 Å². The minimum absolute atomic E-state index is 0.00148. The number of aromatic carboxylic acids is 1. The lowest BCUT2D eigenvalue weighted by molar-refractivity contribution is 0.0686. The second kappa shape index (κ2) is 5.18. The van der Waals surface area contributed by atoms with Gasteiger partial charge >= 0.3 is 5.97 Å². The summed E-state index contributed by atoms with van der Waals surface area (Å²) in [6.07, 6.45) is 0. The number of hydrogen-bond acceptors (Lipinski definition) is 6. The number of nitrogens with zero attached hydrogens (tertiary/aromatic N) is 1. The van der Waals surface area contributed by atoms with Crippen molar-refractivity contribution in [2.24, 2.45) is 5.73 Å². The molecule has 1 amide bonds. The first kappa shape index (κ1) is 15.0. The highest BCUT2D eigenvalue weighted by Crippen LogP contribution is 2.27. The van der Waals surface area contributed by atoms with E-state index in [-0.39, 0.29) is 16.3 Å². The van der Waals surface area contributed by atoms with Crippen LogP contribution in [0.25, 0.3) is 0 Å². The number of hydrogen-bond donors (Lipinski definition) is 4. The van der Waals surface area contributed by atoms with Crippen LogP contribution in [0.2, 0.25) is 0 Å². The summed E-state index contributed by atoms with van der Waals surface area (Å²) in [4.78, 5) is 21.7. The van der Waals surface area contributed by atoms with Gasteiger partial charge in [-0.05, 0) is 18.4 Å². The first-order chi connectivity index (χ1) is 9.74. The highest BCUT2D eigenvalue weighted by atomic mass is 32.2. The maximum Gasteiger partial charge on any atom is 0.357 e. The Morgan fingerprint density at radius 3 is 2.71 bits per heavy atom. The maximum atomic E-state index is 12.3. The molecule has 0 aliphatic carbocycles. The number of carbonyl (C=O) groups excluding carboxylic acids is 1. The van der Waals surface area contributed by atoms with Gasteiger partial charge in [-0.25, -0.2) is 13.2 Å². The average Bonchev–Trinajstić information content (AvgIpc) is 2.94. The molecule has 0 fully saturated rings. The Morgan fingerprint density at radius 1 is 1.48 bits per heavy atom. The Kier molecular flexibility index (Phi) is 3.70. The molecule has 21 heavy (non-hydrogen) atoms. The van der Waals surface area contributed by atoms with E-state index in [1.807, 2.05) is 0 Å². The Labute approximate surface area is 122 Å². The highest BCUT2D eigenvalue weighted by molar-refractivity contribution is 7.93. The molecule has 2 aromatic rings. The van der Waals surface area contributed by atoms with Crippen LogP contribution in [0.5, 0.6) is 0 Å². The van der Waals surface area contributed by atoms with E-state index in [9.17, 15) is 18.0 Å². The van der Waals surface area contributed by atoms with E-state index in [4.69, 9.17) is 10.8 Å². The molecule has 0 unspecified atom stereocenters. The molecule has 0 spiro atoms. The van der Waals surface area contributed by atoms with Crippen molar-refractivity contribution in [3.8, 4) is 0 Å². The van der Waals surface area contributed by atoms with E-state index in [1.54, 1.807) is 0 Å². The molecule has 2 aromatic heterocycles. The number of amides is 1. The third-order valence-electron chi connectivity index (χ3n) is 2.52. The Hall–Kier alpha value is -2.40. The zero-order valence-corrected chi connectivity index (χ0v) is 12.2. The molecule has 5 N–H and O–H groups in total. The van der Waals surface area contributed by atoms with E-state index < -0.39 is 32.5 Å². The molecule has 0 aromatic carbocycles. The van der Waals surface area contributed by atoms with Crippen molar-refractivity contribution in [1.29, 1.82) is 0 Å². The number of rotatable bonds is 5. The maximum absolute atomic E-state index is 12.3. The molecule has 9 nitrogen and oxygen atoms in total. The molecule has 0 atom stereocenters. The fraction of sp³-hybridized carbons (Fsp3) is 0.100. The number of aromatic amines is 1. The van der Waals surface area contributed by atoms with E-state index in [0.717, 1.165) is 11.3 Å². The normalized spacial score (nSPS) is 11.3. The number of carbonyl (C=O) groups is 2. The summed E-state index contributed by atoms with van der Waals surface area (Å²) < 4.78 is 26.8. The van der Waals surface area contributed by atoms with E-state index in [0.29, 0.717) is 0 Å². The number of thiophene rings is 1. The van der Waals surface area contributed by atoms with E-state index >= 15 is 0 Å². The van der Waals surface area contributed by atoms with E-state index in [1.165, 1.54) is 18.4 Å². The predicted octanol–water partition coefficient (Wildman–Crippen LogP) is 0.378. The second-order valence-electron chi connectivity index (χ2n) is 3.96. The summed E-state index contributed by atoms with van der Waals surface area (Å²) in [7, 11) is -4.22. The number of nitrogens with two attached hydrogens (primary N) is 1. The Morgan fingerprint density at radius 2 is 2.14 bits per heavy atom. The van der Waals surface area contributed by atoms with Crippen molar-refractivity contribution in [3.63, 3.8) is 0 Å². The first-order valence-corrected chi connectivity index (χ1v) is 7.78. The standard InChI is InChI=1S/C10H10N4O5S2/c1-4-7(6(10(16)17)13-12-4)21(18,19)14-9-5(8(11)15)2-3-20-9/h2-3,14H,1H3,(H2,11,15)(H,12,13)(H,16,17). The molecule has 0 radical (unpaired) electrons. The van der Waals surface area contributed by atoms with Crippen LogP contribution in [0.3, 0.4) is 0 Å². The van der Waals surface area contributed by atoms with Crippen LogP contribution in [0.4, 0.5) is 5.00 Å². The minimum atomic E-state index is -4.22. The van der Waals surface area contributed by atoms with Gasteiger partial charge in [0.2, 0.25) is 0 Å². The van der Waals surface area contributed by atoms with Gasteiger partial charge in [-0.3, -0.25) is 14.6 Å². The van der Waals surface area contributed by atoms with Gasteiger partial charge in [0.05, 0.1) is 11.3 Å². The largest absolute Gasteiger partial charge is 0.476 e. The van der Waals surface area contributed by atoms with Crippen LogP contribution in [-0.2, 0) is 10.0 Å². The summed E-state index contributed by atoms with van der Waals surface area (Å²) in [5.74, 6) is -2.28. The number of H-pyrrole nitrogens is 1. The van der Waals surface area contributed by atoms with Gasteiger partial charge in [0.15, 0.2) is 5.69 Å². The molecule has 0 saturated carbocycles. The SMILES string of the molecule is Cc1[nH]nc(C(=O)O)c1S(=O)(=O)Nc1sccc1C(N)=O. The van der Waals surface area contributed by atoms with E-state index in [2.05, 4.69) is 14.9 Å². The molecule has 0 aliphatic heterocycles. The lowest BCUT2D eigenvalue weighted by Gasteiger charge is -2.07. The van der Waals surface area contributed by atoms with Gasteiger partial charge < -0.3 is 10.8 Å². The topological polar surface area (TPSA) is 155 Å². The first-order valence-electron chi connectivity index (χ1n) is 5.42. The third kappa shape index (κ3) is 2.73. The second-order valence-corrected chi connectivity index (χ2v) is 6.50. The number of anilines is 1. The fourth-order valence-electron chi connectivity index (χ4n) is 1.65. The monoisotopic (exact) mass is 330 g/mol. The summed E-state index contributed by atoms with van der Waals surface area (Å²) in [6.45, 7) is 1.37. The average molecular weight is 330 g/mol. The van der Waals surface area contributed by atoms with Crippen molar-refractivity contribution < 1.29 is 23.1 Å². The van der Waals surface area contributed by atoms with Gasteiger partial charge in [0, 0.05) is 0 Å². The van der Waals surface area contributed by atoms with Crippen LogP contribution in [0, 0.1) is 6.92 Å². The number of carboxylic acids is 1. The Balaban J connectivity index is 2.49. The number of nitrogens with one attached hydrogen (secondary N) is 2. The number of sulfonamides is 1. The molecule has 112 valence electrons. The fourth-order valence-corrected chi connectivity index (χ4v) is 4.10. The molecule has 2 heterocycles. The minimum Gasteiger partial charge on any atom is -0.476 e. The lowest BCUT2D eigenvalue weighted by atomic mass is 10.3. The highest BCUT2D eigenvalue weighted by Gasteiger charge is 2.29. The van der Waals surface area contributed by atoms with Crippen molar-refractivity contribution in [2.75, 3.05) is 4.72 Å². The van der Waals surface area contributed by atoms with Crippen molar-refractivity contribution in [3.05, 3.63) is 28.4 Å². The smallest absolute Gasteiger partial charge is 0.357 e. The molecular formula is C10H10N4O5S2.